The van der Waals surface area contributed by atoms with Crippen LogP contribution in [0, 0.1) is 0 Å². The minimum absolute atomic E-state index is 0. The molecule has 0 atom stereocenters. The normalized spacial score (nSPS) is 10.7. The number of halogens is 4. The van der Waals surface area contributed by atoms with E-state index in [2.05, 4.69) is 19.6 Å². The molecule has 0 bridgehead atoms. The van der Waals surface area contributed by atoms with Crippen LogP contribution in [-0.2, 0) is 65.8 Å². The second-order valence-electron chi connectivity index (χ2n) is 12.0. The molecule has 4 aromatic rings. The van der Waals surface area contributed by atoms with Crippen molar-refractivity contribution in [2.45, 2.75) is 26.2 Å². The average Bonchev–Trinajstić information content (AvgIpc) is 3.02. The summed E-state index contributed by atoms with van der Waals surface area (Å²) in [6, 6.07) is 19.2. The standard InChI is InChI=1S/2C18H22Cl2N2O2.2Fe.O/c2*1-21(11-13-9-15(19)3-5-17(13)23)7-8-22(2)12-14-10-16(20)4-6-18(14)24;;;/h2*3-6,9-10,23-24H,7-8,11-12H2,1-2H3;;;/q;;2*+5;-2/p-4. The smallest absolute Gasteiger partial charge is 2.00 e. The zero-order valence-corrected chi connectivity index (χ0v) is 33.9. The van der Waals surface area contributed by atoms with Gasteiger partial charge in [-0.05, 0) is 99.0 Å². The maximum absolute atomic E-state index is 11.8. The largest absolute Gasteiger partial charge is 5.00 e. The first-order valence-corrected chi connectivity index (χ1v) is 16.8. The van der Waals surface area contributed by atoms with Gasteiger partial charge in [-0.3, -0.25) is 0 Å². The van der Waals surface area contributed by atoms with Gasteiger partial charge in [-0.15, -0.1) is 23.0 Å². The third kappa shape index (κ3) is 17.6. The van der Waals surface area contributed by atoms with E-state index in [0.29, 0.717) is 68.5 Å². The number of nitrogens with zero attached hydrogens (tertiary/aromatic N) is 4. The Balaban J connectivity index is 0.000000926. The number of likely N-dealkylation sites (N-methyl/N-ethyl adjacent to an activating group) is 4. The van der Waals surface area contributed by atoms with Crippen molar-refractivity contribution in [3.05, 3.63) is 115 Å². The van der Waals surface area contributed by atoms with E-state index in [-0.39, 0.29) is 62.6 Å². The molecule has 0 amide bonds. The molecule has 0 aliphatic heterocycles. The van der Waals surface area contributed by atoms with Crippen molar-refractivity contribution in [3.8, 4) is 23.0 Å². The molecular formula is C36H40Cl4Fe2N4O5+4. The van der Waals surface area contributed by atoms with E-state index in [4.69, 9.17) is 46.4 Å². The van der Waals surface area contributed by atoms with Crippen LogP contribution in [0.1, 0.15) is 22.3 Å². The summed E-state index contributed by atoms with van der Waals surface area (Å²) in [5.41, 5.74) is 2.74. The zero-order chi connectivity index (χ0) is 35.4. The van der Waals surface area contributed by atoms with Gasteiger partial charge in [0.2, 0.25) is 0 Å². The van der Waals surface area contributed by atoms with Crippen molar-refractivity contribution < 1.29 is 60.0 Å². The van der Waals surface area contributed by atoms with Gasteiger partial charge in [-0.2, -0.15) is 0 Å². The Morgan fingerprint density at radius 3 is 0.745 bits per heavy atom. The second-order valence-corrected chi connectivity index (χ2v) is 13.7. The predicted molar refractivity (Wildman–Crippen MR) is 190 cm³/mol. The van der Waals surface area contributed by atoms with Gasteiger partial charge in [-0.1, -0.05) is 70.7 Å². The Labute approximate surface area is 342 Å². The van der Waals surface area contributed by atoms with E-state index in [9.17, 15) is 20.4 Å². The van der Waals surface area contributed by atoms with Crippen molar-refractivity contribution in [1.29, 1.82) is 0 Å². The van der Waals surface area contributed by atoms with E-state index in [0.717, 1.165) is 26.2 Å². The fourth-order valence-electron chi connectivity index (χ4n) is 4.85. The van der Waals surface area contributed by atoms with Crippen LogP contribution in [0.3, 0.4) is 0 Å². The van der Waals surface area contributed by atoms with Crippen LogP contribution in [0.25, 0.3) is 0 Å². The molecule has 0 saturated heterocycles. The van der Waals surface area contributed by atoms with Crippen molar-refractivity contribution >= 4 is 46.4 Å². The molecule has 4 rings (SSSR count). The van der Waals surface area contributed by atoms with E-state index >= 15 is 0 Å². The summed E-state index contributed by atoms with van der Waals surface area (Å²) in [5.74, 6) is -0.0203. The fraction of sp³-hybridized carbons (Fsp3) is 0.333. The topological polar surface area (TPSA) is 134 Å². The van der Waals surface area contributed by atoms with E-state index in [1.807, 2.05) is 28.2 Å². The molecule has 0 N–H and O–H groups in total. The van der Waals surface area contributed by atoms with E-state index in [1.54, 1.807) is 48.5 Å². The number of benzene rings is 4. The molecule has 274 valence electrons. The first kappa shape index (κ1) is 49.1. The molecule has 0 saturated carbocycles. The summed E-state index contributed by atoms with van der Waals surface area (Å²) in [5, 5.41) is 49.5. The molecule has 2 radical (unpaired) electrons. The van der Waals surface area contributed by atoms with Crippen LogP contribution in [0.4, 0.5) is 0 Å². The van der Waals surface area contributed by atoms with Crippen LogP contribution in [0.5, 0.6) is 23.0 Å². The van der Waals surface area contributed by atoms with E-state index < -0.39 is 0 Å². The molecule has 0 aliphatic carbocycles. The van der Waals surface area contributed by atoms with Gasteiger partial charge in [0, 0.05) is 72.4 Å². The second kappa shape index (κ2) is 24.4. The monoisotopic (exact) mass is 860 g/mol. The van der Waals surface area contributed by atoms with Crippen LogP contribution in [0.15, 0.2) is 72.8 Å². The molecule has 0 spiro atoms. The zero-order valence-electron chi connectivity index (χ0n) is 28.6. The summed E-state index contributed by atoms with van der Waals surface area (Å²) in [4.78, 5) is 8.22. The van der Waals surface area contributed by atoms with Gasteiger partial charge in [0.25, 0.3) is 0 Å². The molecule has 4 aromatic carbocycles. The molecule has 0 fully saturated rings. The van der Waals surface area contributed by atoms with Crippen molar-refractivity contribution in [3.63, 3.8) is 0 Å². The van der Waals surface area contributed by atoms with Gasteiger partial charge < -0.3 is 45.5 Å². The Hall–Kier alpha value is -1.92. The fourth-order valence-corrected chi connectivity index (χ4v) is 5.63. The maximum Gasteiger partial charge on any atom is 5.00 e. The quantitative estimate of drug-likeness (QED) is 0.157. The summed E-state index contributed by atoms with van der Waals surface area (Å²) < 4.78 is 0. The Morgan fingerprint density at radius 1 is 0.392 bits per heavy atom. The molecule has 0 aromatic heterocycles. The minimum atomic E-state index is -0.00507. The van der Waals surface area contributed by atoms with Gasteiger partial charge in [0.15, 0.2) is 0 Å². The van der Waals surface area contributed by atoms with Crippen LogP contribution < -0.4 is 20.4 Å². The molecule has 0 unspecified atom stereocenters. The summed E-state index contributed by atoms with van der Waals surface area (Å²) in [6.07, 6.45) is 0. The SMILES string of the molecule is CN(CCN(C)Cc1cc(Cl)ccc1[O-])Cc1cc(Cl)ccc1[O-].CN(CCN(C)Cc1cc(Cl)ccc1[O-])Cc1cc(Cl)ccc1[O-].[Fe+5].[Fe+5].[O-2]. The van der Waals surface area contributed by atoms with Crippen LogP contribution in [0.2, 0.25) is 20.1 Å². The molecule has 9 nitrogen and oxygen atoms in total. The number of hydrogen-bond donors (Lipinski definition) is 0. The molecule has 0 heterocycles. The van der Waals surface area contributed by atoms with Crippen molar-refractivity contribution in [2.75, 3.05) is 54.4 Å². The first-order chi connectivity index (χ1) is 22.7. The number of hydrogen-bond acceptors (Lipinski definition) is 8. The van der Waals surface area contributed by atoms with Crippen molar-refractivity contribution in [1.82, 2.24) is 19.6 Å². The average molecular weight is 862 g/mol. The Bertz CT molecular complexity index is 1410. The van der Waals surface area contributed by atoms with Crippen LogP contribution >= 0.6 is 46.4 Å². The minimum Gasteiger partial charge on any atom is -2.00 e. The van der Waals surface area contributed by atoms with E-state index in [1.165, 1.54) is 24.3 Å². The van der Waals surface area contributed by atoms with Crippen LogP contribution in [-0.4, -0.2) is 74.0 Å². The maximum atomic E-state index is 11.8. The Morgan fingerprint density at radius 2 is 0.569 bits per heavy atom. The molecule has 15 heteroatoms. The molecule has 0 aliphatic rings. The van der Waals surface area contributed by atoms with Gasteiger partial charge in [0.1, 0.15) is 0 Å². The summed E-state index contributed by atoms with van der Waals surface area (Å²) in [6.45, 7) is 5.20. The predicted octanol–water partition coefficient (Wildman–Crippen LogP) is 5.29. The summed E-state index contributed by atoms with van der Waals surface area (Å²) >= 11 is 23.8. The van der Waals surface area contributed by atoms with Gasteiger partial charge in [-0.25, -0.2) is 0 Å². The van der Waals surface area contributed by atoms with Gasteiger partial charge >= 0.3 is 34.1 Å². The first-order valence-electron chi connectivity index (χ1n) is 15.3. The third-order valence-electron chi connectivity index (χ3n) is 7.58. The van der Waals surface area contributed by atoms with Crippen molar-refractivity contribution in [2.24, 2.45) is 0 Å². The third-order valence-corrected chi connectivity index (χ3v) is 8.52. The molecular weight excluding hydrogens is 822 g/mol. The summed E-state index contributed by atoms with van der Waals surface area (Å²) in [7, 11) is 7.80. The number of rotatable bonds is 14. The molecule has 51 heavy (non-hydrogen) atoms. The van der Waals surface area contributed by atoms with Gasteiger partial charge in [0.05, 0.1) is 0 Å². The Kier molecular flexibility index (Phi) is 23.5.